The van der Waals surface area contributed by atoms with Crippen LogP contribution in [-0.2, 0) is 13.0 Å². The van der Waals surface area contributed by atoms with E-state index in [1.807, 2.05) is 13.0 Å². The Morgan fingerprint density at radius 1 is 1.32 bits per heavy atom. The number of nitrogens with one attached hydrogen (secondary N) is 1. The molecule has 0 aliphatic heterocycles. The molecular weight excluding hydrogens is 324 g/mol. The Kier molecular flexibility index (Phi) is 3.73. The number of furan rings is 1. The van der Waals surface area contributed by atoms with Crippen LogP contribution in [0, 0.1) is 0 Å². The average molecular weight is 338 g/mol. The Morgan fingerprint density at radius 3 is 3.00 bits per heavy atom. The Morgan fingerprint density at radius 2 is 2.24 bits per heavy atom. The normalized spacial score (nSPS) is 11.1. The molecule has 4 aromatic heterocycles. The first-order valence-electron chi connectivity index (χ1n) is 7.71. The number of hydrogen-bond donors (Lipinski definition) is 1. The fourth-order valence-electron chi connectivity index (χ4n) is 2.36. The predicted molar refractivity (Wildman–Crippen MR) is 85.5 cm³/mol. The van der Waals surface area contributed by atoms with Crippen molar-refractivity contribution < 1.29 is 13.7 Å². The van der Waals surface area contributed by atoms with E-state index in [9.17, 15) is 4.79 Å². The molecule has 0 aliphatic carbocycles. The zero-order valence-corrected chi connectivity index (χ0v) is 13.3. The molecule has 0 fully saturated rings. The minimum absolute atomic E-state index is 0.236. The molecule has 9 heteroatoms. The number of pyridine rings is 1. The number of nitrogens with zero attached hydrogens (tertiary/aromatic N) is 5. The van der Waals surface area contributed by atoms with Gasteiger partial charge in [-0.25, -0.2) is 0 Å². The number of aryl methyl sites for hydroxylation is 1. The number of hydrogen-bond acceptors (Lipinski definition) is 7. The maximum absolute atomic E-state index is 12.0. The number of carbonyl (C=O) groups is 1. The maximum Gasteiger partial charge on any atom is 0.258 e. The van der Waals surface area contributed by atoms with Gasteiger partial charge in [0, 0.05) is 18.2 Å². The summed E-state index contributed by atoms with van der Waals surface area (Å²) in [4.78, 5) is 16.3. The van der Waals surface area contributed by atoms with Crippen LogP contribution in [0.15, 0.2) is 45.9 Å². The highest BCUT2D eigenvalue weighted by Gasteiger charge is 2.13. The molecule has 0 aromatic carbocycles. The smallest absolute Gasteiger partial charge is 0.258 e. The Labute approximate surface area is 141 Å². The predicted octanol–water partition coefficient (Wildman–Crippen LogP) is 1.86. The Hall–Kier alpha value is -3.49. The van der Waals surface area contributed by atoms with Gasteiger partial charge in [0.25, 0.3) is 11.8 Å². The molecule has 9 nitrogen and oxygen atoms in total. The summed E-state index contributed by atoms with van der Waals surface area (Å²) in [5.41, 5.74) is 1.85. The summed E-state index contributed by atoms with van der Waals surface area (Å²) in [6, 6.07) is 5.24. The van der Waals surface area contributed by atoms with Gasteiger partial charge in [0.2, 0.25) is 0 Å². The highest BCUT2D eigenvalue weighted by atomic mass is 16.5. The highest BCUT2D eigenvalue weighted by Crippen LogP contribution is 2.19. The van der Waals surface area contributed by atoms with E-state index in [0.717, 1.165) is 5.56 Å². The van der Waals surface area contributed by atoms with Crippen LogP contribution in [-0.4, -0.2) is 30.6 Å². The molecule has 0 saturated heterocycles. The van der Waals surface area contributed by atoms with Crippen molar-refractivity contribution in [3.63, 3.8) is 0 Å². The molecule has 4 rings (SSSR count). The van der Waals surface area contributed by atoms with Crippen LogP contribution in [0.25, 0.3) is 17.1 Å². The minimum Gasteiger partial charge on any atom is -0.472 e. The average Bonchev–Trinajstić information content (AvgIpc) is 3.39. The number of amides is 1. The monoisotopic (exact) mass is 338 g/mol. The van der Waals surface area contributed by atoms with Gasteiger partial charge in [0.1, 0.15) is 6.26 Å². The van der Waals surface area contributed by atoms with Gasteiger partial charge < -0.3 is 14.3 Å². The number of aromatic nitrogens is 5. The second-order valence-corrected chi connectivity index (χ2v) is 5.32. The van der Waals surface area contributed by atoms with E-state index in [1.54, 1.807) is 22.7 Å². The molecule has 25 heavy (non-hydrogen) atoms. The van der Waals surface area contributed by atoms with Gasteiger partial charge in [-0.1, -0.05) is 12.1 Å². The molecule has 0 saturated carbocycles. The molecule has 4 heterocycles. The minimum atomic E-state index is -0.236. The second kappa shape index (κ2) is 6.19. The van der Waals surface area contributed by atoms with Gasteiger partial charge in [-0.15, -0.1) is 10.2 Å². The van der Waals surface area contributed by atoms with E-state index in [0.29, 0.717) is 35.2 Å². The third-order valence-corrected chi connectivity index (χ3v) is 3.70. The largest absolute Gasteiger partial charge is 0.472 e. The van der Waals surface area contributed by atoms with Crippen LogP contribution < -0.4 is 5.32 Å². The molecule has 0 aliphatic rings. The molecule has 0 unspecified atom stereocenters. The quantitative estimate of drug-likeness (QED) is 0.591. The number of fused-ring (bicyclic) bond motifs is 1. The summed E-state index contributed by atoms with van der Waals surface area (Å²) >= 11 is 0. The zero-order valence-electron chi connectivity index (χ0n) is 13.3. The van der Waals surface area contributed by atoms with Gasteiger partial charge in [-0.05, 0) is 18.2 Å². The van der Waals surface area contributed by atoms with Gasteiger partial charge in [0.05, 0.1) is 18.4 Å². The molecule has 126 valence electrons. The van der Waals surface area contributed by atoms with Crippen molar-refractivity contribution in [3.05, 3.63) is 54.1 Å². The lowest BCUT2D eigenvalue weighted by Crippen LogP contribution is -2.23. The summed E-state index contributed by atoms with van der Waals surface area (Å²) in [6.45, 7) is 2.20. The van der Waals surface area contributed by atoms with E-state index >= 15 is 0 Å². The van der Waals surface area contributed by atoms with Gasteiger partial charge in [0.15, 0.2) is 17.3 Å². The SMILES string of the molecule is CCc1noc(-c2ccn3c(CNC(=O)c4ccoc4)nnc3c2)n1. The molecule has 0 bridgehead atoms. The first-order chi connectivity index (χ1) is 12.2. The third kappa shape index (κ3) is 2.87. The lowest BCUT2D eigenvalue weighted by Gasteiger charge is -2.02. The lowest BCUT2D eigenvalue weighted by atomic mass is 10.2. The molecule has 0 spiro atoms. The van der Waals surface area contributed by atoms with Crippen molar-refractivity contribution >= 4 is 11.6 Å². The van der Waals surface area contributed by atoms with E-state index in [-0.39, 0.29) is 12.5 Å². The summed E-state index contributed by atoms with van der Waals surface area (Å²) in [6.07, 6.45) is 5.35. The highest BCUT2D eigenvalue weighted by molar-refractivity contribution is 5.93. The van der Waals surface area contributed by atoms with Crippen LogP contribution in [0.5, 0.6) is 0 Å². The molecule has 0 atom stereocenters. The summed E-state index contributed by atoms with van der Waals surface area (Å²) < 4.78 is 11.9. The Bertz CT molecular complexity index is 1020. The molecule has 4 aromatic rings. The Balaban J connectivity index is 1.54. The van der Waals surface area contributed by atoms with Crippen LogP contribution in [0.2, 0.25) is 0 Å². The van der Waals surface area contributed by atoms with E-state index in [4.69, 9.17) is 8.94 Å². The number of rotatable bonds is 5. The fourth-order valence-corrected chi connectivity index (χ4v) is 2.36. The lowest BCUT2D eigenvalue weighted by molar-refractivity contribution is 0.0949. The van der Waals surface area contributed by atoms with Crippen molar-refractivity contribution in [1.82, 2.24) is 30.1 Å². The zero-order chi connectivity index (χ0) is 17.2. The maximum atomic E-state index is 12.0. The second-order valence-electron chi connectivity index (χ2n) is 5.32. The molecular formula is C16H14N6O3. The van der Waals surface area contributed by atoms with E-state index < -0.39 is 0 Å². The molecule has 0 radical (unpaired) electrons. The standard InChI is InChI=1S/C16H14N6O3/c1-2-12-18-16(25-21-12)10-3-5-22-13(7-10)19-20-14(22)8-17-15(23)11-4-6-24-9-11/h3-7,9H,2,8H2,1H3,(H,17,23). The topological polar surface area (TPSA) is 111 Å². The van der Waals surface area contributed by atoms with Gasteiger partial charge in [-0.2, -0.15) is 4.98 Å². The van der Waals surface area contributed by atoms with E-state index in [2.05, 4.69) is 25.7 Å². The van der Waals surface area contributed by atoms with Gasteiger partial charge in [-0.3, -0.25) is 9.20 Å². The van der Waals surface area contributed by atoms with Crippen LogP contribution in [0.1, 0.15) is 28.9 Å². The van der Waals surface area contributed by atoms with Crippen LogP contribution in [0.4, 0.5) is 0 Å². The van der Waals surface area contributed by atoms with Crippen molar-refractivity contribution in [1.29, 1.82) is 0 Å². The van der Waals surface area contributed by atoms with Crippen molar-refractivity contribution in [3.8, 4) is 11.5 Å². The van der Waals surface area contributed by atoms with E-state index in [1.165, 1.54) is 12.5 Å². The first-order valence-corrected chi connectivity index (χ1v) is 7.71. The summed E-state index contributed by atoms with van der Waals surface area (Å²) in [7, 11) is 0. The van der Waals surface area contributed by atoms with Crippen molar-refractivity contribution in [2.24, 2.45) is 0 Å². The third-order valence-electron chi connectivity index (χ3n) is 3.70. The fraction of sp³-hybridized carbons (Fsp3) is 0.188. The summed E-state index contributed by atoms with van der Waals surface area (Å²) in [5.74, 6) is 1.47. The molecule has 1 amide bonds. The van der Waals surface area contributed by atoms with Gasteiger partial charge >= 0.3 is 0 Å². The van der Waals surface area contributed by atoms with Crippen LogP contribution >= 0.6 is 0 Å². The van der Waals surface area contributed by atoms with Crippen molar-refractivity contribution in [2.75, 3.05) is 0 Å². The summed E-state index contributed by atoms with van der Waals surface area (Å²) in [5, 5.41) is 14.9. The first kappa shape index (κ1) is 15.1. The van der Waals surface area contributed by atoms with Crippen molar-refractivity contribution in [2.45, 2.75) is 19.9 Å². The molecule has 1 N–H and O–H groups in total. The van der Waals surface area contributed by atoms with Crippen LogP contribution in [0.3, 0.4) is 0 Å². The number of carbonyl (C=O) groups excluding carboxylic acids is 1.